The Morgan fingerprint density at radius 3 is 2.24 bits per heavy atom. The molecule has 0 aliphatic heterocycles. The summed E-state index contributed by atoms with van der Waals surface area (Å²) in [5, 5.41) is 16.0. The monoisotopic (exact) mass is 563 g/mol. The second kappa shape index (κ2) is 14.6. The summed E-state index contributed by atoms with van der Waals surface area (Å²) in [6.07, 6.45) is 3.37. The Morgan fingerprint density at radius 2 is 1.52 bits per heavy atom. The molecule has 42 heavy (non-hydrogen) atoms. The van der Waals surface area contributed by atoms with E-state index in [1.54, 1.807) is 60.5 Å². The second-order valence-electron chi connectivity index (χ2n) is 10.2. The van der Waals surface area contributed by atoms with Gasteiger partial charge in [0.25, 0.3) is 0 Å². The maximum absolute atomic E-state index is 13.1. The molecule has 0 saturated heterocycles. The number of benzene rings is 4. The lowest BCUT2D eigenvalue weighted by atomic mass is 9.98. The Hall–Kier alpha value is -4.91. The molecular weight excluding hydrogens is 526 g/mol. The van der Waals surface area contributed by atoms with Gasteiger partial charge in [0.05, 0.1) is 0 Å². The average Bonchev–Trinajstić information content (AvgIpc) is 3.03. The van der Waals surface area contributed by atoms with Gasteiger partial charge >= 0.3 is 12.0 Å². The van der Waals surface area contributed by atoms with Crippen LogP contribution in [-0.2, 0) is 11.2 Å². The molecule has 0 unspecified atom stereocenters. The molecule has 0 aromatic heterocycles. The molecule has 4 aromatic carbocycles. The summed E-state index contributed by atoms with van der Waals surface area (Å²) >= 11 is 0. The second-order valence-corrected chi connectivity index (χ2v) is 10.2. The molecule has 4 aromatic rings. The third kappa shape index (κ3) is 7.85. The van der Waals surface area contributed by atoms with E-state index >= 15 is 0 Å². The van der Waals surface area contributed by atoms with E-state index in [0.29, 0.717) is 23.4 Å². The van der Waals surface area contributed by atoms with Crippen molar-refractivity contribution >= 4 is 29.2 Å². The number of hydrogen-bond donors (Lipinski definition) is 3. The summed E-state index contributed by atoms with van der Waals surface area (Å²) in [6.45, 7) is 2.78. The number of carbonyl (C=O) groups is 3. The third-order valence-corrected chi connectivity index (χ3v) is 7.16. The predicted octanol–water partition coefficient (Wildman–Crippen LogP) is 7.03. The van der Waals surface area contributed by atoms with E-state index in [0.717, 1.165) is 41.6 Å². The Balaban J connectivity index is 1.45. The number of unbranched alkanes of at least 4 members (excludes halogenated alkanes) is 2. The Bertz CT molecular complexity index is 1500. The first-order chi connectivity index (χ1) is 20.4. The lowest BCUT2D eigenvalue weighted by Crippen LogP contribution is -2.37. The maximum atomic E-state index is 13.1. The maximum Gasteiger partial charge on any atom is 0.326 e. The minimum Gasteiger partial charge on any atom is -0.480 e. The van der Waals surface area contributed by atoms with Crippen LogP contribution in [0.2, 0.25) is 0 Å². The number of aliphatic carboxylic acids is 1. The minimum atomic E-state index is -1.01. The van der Waals surface area contributed by atoms with Crippen molar-refractivity contribution in [1.82, 2.24) is 5.32 Å². The summed E-state index contributed by atoms with van der Waals surface area (Å²) in [5.74, 6) is -1.18. The molecule has 3 N–H and O–H groups in total. The van der Waals surface area contributed by atoms with E-state index in [9.17, 15) is 19.5 Å². The zero-order valence-corrected chi connectivity index (χ0v) is 24.0. The number of anilines is 2. The van der Waals surface area contributed by atoms with Crippen molar-refractivity contribution in [3.63, 3.8) is 0 Å². The quantitative estimate of drug-likeness (QED) is 0.120. The van der Waals surface area contributed by atoms with Gasteiger partial charge in [0.15, 0.2) is 5.78 Å². The number of nitrogens with one attached hydrogen (secondary N) is 2. The van der Waals surface area contributed by atoms with Gasteiger partial charge in [0.2, 0.25) is 0 Å². The van der Waals surface area contributed by atoms with Crippen molar-refractivity contribution in [2.45, 2.75) is 38.6 Å². The number of urea groups is 1. The number of carbonyl (C=O) groups excluding carboxylic acids is 2. The van der Waals surface area contributed by atoms with Gasteiger partial charge in [-0.25, -0.2) is 9.59 Å². The molecule has 0 bridgehead atoms. The van der Waals surface area contributed by atoms with Gasteiger partial charge in [-0.1, -0.05) is 98.6 Å². The Kier molecular flexibility index (Phi) is 10.5. The molecule has 0 radical (unpaired) electrons. The molecule has 0 aliphatic rings. The standard InChI is InChI=1S/C35H37N3O4/c1-3-4-10-22-36-35(42)38(2)29-15-11-14-28(24-29)26-20-18-25(19-21-26)23-32(34(40)41)37-31-17-9-8-16-30(31)33(39)27-12-6-5-7-13-27/h5-9,11-21,24,32,37H,3-4,10,22-23H2,1-2H3,(H,36,42)(H,40,41)/t32-/m0/s1. The highest BCUT2D eigenvalue weighted by Crippen LogP contribution is 2.26. The highest BCUT2D eigenvalue weighted by Gasteiger charge is 2.21. The lowest BCUT2D eigenvalue weighted by molar-refractivity contribution is -0.137. The molecule has 7 nitrogen and oxygen atoms in total. The first-order valence-corrected chi connectivity index (χ1v) is 14.3. The molecule has 0 saturated carbocycles. The Morgan fingerprint density at radius 1 is 0.810 bits per heavy atom. The van der Waals surface area contributed by atoms with Crippen LogP contribution < -0.4 is 15.5 Å². The lowest BCUT2D eigenvalue weighted by Gasteiger charge is -2.19. The highest BCUT2D eigenvalue weighted by molar-refractivity contribution is 6.12. The van der Waals surface area contributed by atoms with Crippen molar-refractivity contribution in [2.75, 3.05) is 23.8 Å². The van der Waals surface area contributed by atoms with Gasteiger partial charge < -0.3 is 15.7 Å². The normalized spacial score (nSPS) is 11.4. The summed E-state index contributed by atoms with van der Waals surface area (Å²) < 4.78 is 0. The van der Waals surface area contributed by atoms with Crippen molar-refractivity contribution in [2.24, 2.45) is 0 Å². The number of hydrogen-bond acceptors (Lipinski definition) is 4. The van der Waals surface area contributed by atoms with Gasteiger partial charge in [0.1, 0.15) is 6.04 Å². The van der Waals surface area contributed by atoms with Gasteiger partial charge in [-0.05, 0) is 47.4 Å². The number of amides is 2. The van der Waals surface area contributed by atoms with Crippen LogP contribution in [0, 0.1) is 0 Å². The fourth-order valence-corrected chi connectivity index (χ4v) is 4.71. The van der Waals surface area contributed by atoms with Crippen molar-refractivity contribution in [1.29, 1.82) is 0 Å². The topological polar surface area (TPSA) is 98.7 Å². The fraction of sp³-hybridized carbons (Fsp3) is 0.229. The zero-order chi connectivity index (χ0) is 29.9. The first kappa shape index (κ1) is 30.1. The summed E-state index contributed by atoms with van der Waals surface area (Å²) in [5.41, 5.74) is 4.96. The number of carboxylic acid groups (broad SMARTS) is 1. The molecule has 1 atom stereocenters. The number of ketones is 1. The highest BCUT2D eigenvalue weighted by atomic mass is 16.4. The molecule has 7 heteroatoms. The van der Waals surface area contributed by atoms with Crippen LogP contribution in [0.4, 0.5) is 16.2 Å². The van der Waals surface area contributed by atoms with Crippen molar-refractivity contribution in [3.8, 4) is 11.1 Å². The smallest absolute Gasteiger partial charge is 0.326 e. The fourth-order valence-electron chi connectivity index (χ4n) is 4.71. The minimum absolute atomic E-state index is 0.141. The van der Waals surface area contributed by atoms with Crippen LogP contribution >= 0.6 is 0 Å². The van der Waals surface area contributed by atoms with E-state index in [-0.39, 0.29) is 18.2 Å². The Labute approximate surface area is 247 Å². The SMILES string of the molecule is CCCCCNC(=O)N(C)c1cccc(-c2ccc(C[C@H](Nc3ccccc3C(=O)c3ccccc3)C(=O)O)cc2)c1. The first-order valence-electron chi connectivity index (χ1n) is 14.3. The number of carboxylic acids is 1. The molecule has 0 heterocycles. The van der Waals surface area contributed by atoms with Gasteiger partial charge in [-0.15, -0.1) is 0 Å². The number of para-hydroxylation sites is 1. The van der Waals surface area contributed by atoms with Gasteiger partial charge in [-0.3, -0.25) is 9.69 Å². The molecule has 4 rings (SSSR count). The molecule has 0 fully saturated rings. The van der Waals surface area contributed by atoms with E-state index in [2.05, 4.69) is 17.6 Å². The molecule has 216 valence electrons. The van der Waals surface area contributed by atoms with E-state index in [1.807, 2.05) is 54.6 Å². The largest absolute Gasteiger partial charge is 0.480 e. The van der Waals surface area contributed by atoms with Crippen molar-refractivity contribution in [3.05, 3.63) is 120 Å². The van der Waals surface area contributed by atoms with Crippen LogP contribution in [0.25, 0.3) is 11.1 Å². The van der Waals surface area contributed by atoms with E-state index in [1.165, 1.54) is 0 Å². The molecule has 2 amide bonds. The van der Waals surface area contributed by atoms with Crippen LogP contribution in [0.5, 0.6) is 0 Å². The van der Waals surface area contributed by atoms with Crippen LogP contribution in [0.15, 0.2) is 103 Å². The van der Waals surface area contributed by atoms with Crippen molar-refractivity contribution < 1.29 is 19.5 Å². The van der Waals surface area contributed by atoms with E-state index in [4.69, 9.17) is 0 Å². The number of rotatable bonds is 13. The average molecular weight is 564 g/mol. The third-order valence-electron chi connectivity index (χ3n) is 7.16. The van der Waals surface area contributed by atoms with Crippen LogP contribution in [0.3, 0.4) is 0 Å². The summed E-state index contributed by atoms with van der Waals surface area (Å²) in [7, 11) is 1.75. The molecular formula is C35H37N3O4. The molecule has 0 aliphatic carbocycles. The van der Waals surface area contributed by atoms with Gasteiger partial charge in [-0.2, -0.15) is 0 Å². The van der Waals surface area contributed by atoms with Crippen LogP contribution in [0.1, 0.15) is 47.7 Å². The van der Waals surface area contributed by atoms with Crippen LogP contribution in [-0.4, -0.2) is 42.5 Å². The summed E-state index contributed by atoms with van der Waals surface area (Å²) in [6, 6.07) is 30.3. The zero-order valence-electron chi connectivity index (χ0n) is 24.0. The van der Waals surface area contributed by atoms with E-state index < -0.39 is 12.0 Å². The predicted molar refractivity (Wildman–Crippen MR) is 168 cm³/mol. The van der Waals surface area contributed by atoms with Gasteiger partial charge in [0, 0.05) is 42.5 Å². The molecule has 0 spiro atoms. The summed E-state index contributed by atoms with van der Waals surface area (Å²) in [4.78, 5) is 39.5. The number of nitrogens with zero attached hydrogens (tertiary/aromatic N) is 1.